The van der Waals surface area contributed by atoms with Gasteiger partial charge in [-0.3, -0.25) is 0 Å². The third kappa shape index (κ3) is 3.91. The van der Waals surface area contributed by atoms with Gasteiger partial charge in [-0.15, -0.1) is 0 Å². The van der Waals surface area contributed by atoms with Crippen molar-refractivity contribution >= 4 is 0 Å². The van der Waals surface area contributed by atoms with Crippen molar-refractivity contribution in [3.63, 3.8) is 0 Å². The average Bonchev–Trinajstić information content (AvgIpc) is 2.48. The van der Waals surface area contributed by atoms with Gasteiger partial charge < -0.3 is 4.90 Å². The fraction of sp³-hybridized carbons (Fsp3) is 0.235. The Balaban J connectivity index is 1.91. The smallest absolute Gasteiger partial charge is 0.129 e. The van der Waals surface area contributed by atoms with E-state index in [2.05, 4.69) is 17.0 Å². The third-order valence-corrected chi connectivity index (χ3v) is 3.25. The summed E-state index contributed by atoms with van der Waals surface area (Å²) in [5.74, 6) is -0.310. The Morgan fingerprint density at radius 2 is 1.90 bits per heavy atom. The number of halogens is 1. The lowest BCUT2D eigenvalue weighted by Gasteiger charge is -2.17. The molecule has 0 aromatic heterocycles. The molecule has 0 aliphatic carbocycles. The van der Waals surface area contributed by atoms with Gasteiger partial charge in [0, 0.05) is 18.7 Å². The molecule has 0 atom stereocenters. The summed E-state index contributed by atoms with van der Waals surface area (Å²) in [6, 6.07) is 16.8. The highest BCUT2D eigenvalue weighted by Gasteiger charge is 2.07. The van der Waals surface area contributed by atoms with Crippen molar-refractivity contribution in [2.45, 2.75) is 13.0 Å². The van der Waals surface area contributed by atoms with Crippen molar-refractivity contribution in [2.75, 3.05) is 13.6 Å². The third-order valence-electron chi connectivity index (χ3n) is 3.25. The Labute approximate surface area is 119 Å². The summed E-state index contributed by atoms with van der Waals surface area (Å²) in [6.07, 6.45) is 0.940. The lowest BCUT2D eigenvalue weighted by molar-refractivity contribution is 0.325. The van der Waals surface area contributed by atoms with Gasteiger partial charge in [0.2, 0.25) is 0 Å². The molecule has 0 amide bonds. The van der Waals surface area contributed by atoms with Crippen LogP contribution in [0.1, 0.15) is 16.7 Å². The van der Waals surface area contributed by atoms with Crippen LogP contribution in [0.5, 0.6) is 0 Å². The first-order valence-corrected chi connectivity index (χ1v) is 6.60. The molecule has 0 aliphatic rings. The number of nitrogens with zero attached hydrogens (tertiary/aromatic N) is 2. The first-order chi connectivity index (χ1) is 9.69. The SMILES string of the molecule is CN(CCc1ccccc1)Cc1ccc(C#N)cc1F. The molecule has 0 fully saturated rings. The second kappa shape index (κ2) is 6.83. The second-order valence-electron chi connectivity index (χ2n) is 4.89. The van der Waals surface area contributed by atoms with Crippen LogP contribution in [0.15, 0.2) is 48.5 Å². The standard InChI is InChI=1S/C17H17FN2/c1-20(10-9-14-5-3-2-4-6-14)13-16-8-7-15(12-19)11-17(16)18/h2-8,11H,9-10,13H2,1H3. The Morgan fingerprint density at radius 1 is 1.15 bits per heavy atom. The molecule has 102 valence electrons. The summed E-state index contributed by atoms with van der Waals surface area (Å²) in [4.78, 5) is 2.08. The molecular weight excluding hydrogens is 251 g/mol. The maximum Gasteiger partial charge on any atom is 0.129 e. The molecule has 0 radical (unpaired) electrons. The van der Waals surface area contributed by atoms with Gasteiger partial charge >= 0.3 is 0 Å². The van der Waals surface area contributed by atoms with Gasteiger partial charge in [0.1, 0.15) is 5.82 Å². The zero-order valence-electron chi connectivity index (χ0n) is 11.5. The van der Waals surface area contributed by atoms with Crippen LogP contribution in [0.3, 0.4) is 0 Å². The van der Waals surface area contributed by atoms with Crippen molar-refractivity contribution in [2.24, 2.45) is 0 Å². The predicted molar refractivity (Wildman–Crippen MR) is 77.6 cm³/mol. The van der Waals surface area contributed by atoms with E-state index in [0.29, 0.717) is 17.7 Å². The lowest BCUT2D eigenvalue weighted by Crippen LogP contribution is -2.21. The topological polar surface area (TPSA) is 27.0 Å². The Kier molecular flexibility index (Phi) is 4.86. The minimum Gasteiger partial charge on any atom is -0.302 e. The summed E-state index contributed by atoms with van der Waals surface area (Å²) in [5, 5.41) is 8.72. The molecule has 20 heavy (non-hydrogen) atoms. The summed E-state index contributed by atoms with van der Waals surface area (Å²) in [5.41, 5.74) is 2.26. The molecule has 0 aliphatic heterocycles. The molecule has 2 nitrogen and oxygen atoms in total. The van der Waals surface area contributed by atoms with Crippen molar-refractivity contribution in [3.05, 3.63) is 71.0 Å². The van der Waals surface area contributed by atoms with E-state index in [-0.39, 0.29) is 5.82 Å². The highest BCUT2D eigenvalue weighted by atomic mass is 19.1. The Morgan fingerprint density at radius 3 is 2.55 bits per heavy atom. The maximum absolute atomic E-state index is 13.8. The number of rotatable bonds is 5. The van der Waals surface area contributed by atoms with Crippen molar-refractivity contribution in [1.82, 2.24) is 4.90 Å². The zero-order valence-corrected chi connectivity index (χ0v) is 11.5. The summed E-state index contributed by atoms with van der Waals surface area (Å²) >= 11 is 0. The number of benzene rings is 2. The molecule has 0 spiro atoms. The normalized spacial score (nSPS) is 10.5. The van der Waals surface area contributed by atoms with Gasteiger partial charge in [0.25, 0.3) is 0 Å². The van der Waals surface area contributed by atoms with E-state index in [1.807, 2.05) is 31.3 Å². The zero-order chi connectivity index (χ0) is 14.4. The lowest BCUT2D eigenvalue weighted by atomic mass is 10.1. The molecule has 0 heterocycles. The fourth-order valence-electron chi connectivity index (χ4n) is 2.08. The molecule has 0 unspecified atom stereocenters. The molecular formula is C17H17FN2. The molecule has 0 saturated carbocycles. The number of hydrogen-bond acceptors (Lipinski definition) is 2. The monoisotopic (exact) mass is 268 g/mol. The van der Waals surface area contributed by atoms with E-state index in [1.54, 1.807) is 12.1 Å². The molecule has 2 aromatic rings. The van der Waals surface area contributed by atoms with Crippen LogP contribution in [0.2, 0.25) is 0 Å². The molecule has 0 saturated heterocycles. The number of nitriles is 1. The van der Waals surface area contributed by atoms with E-state index in [9.17, 15) is 4.39 Å². The van der Waals surface area contributed by atoms with Crippen LogP contribution < -0.4 is 0 Å². The average molecular weight is 268 g/mol. The number of hydrogen-bond donors (Lipinski definition) is 0. The highest BCUT2D eigenvalue weighted by Crippen LogP contribution is 2.12. The number of likely N-dealkylation sites (N-methyl/N-ethyl adjacent to an activating group) is 1. The van der Waals surface area contributed by atoms with Gasteiger partial charge in [0.05, 0.1) is 11.6 Å². The molecule has 2 aromatic carbocycles. The predicted octanol–water partition coefficient (Wildman–Crippen LogP) is 3.37. The molecule has 0 N–H and O–H groups in total. The van der Waals surface area contributed by atoms with E-state index in [4.69, 9.17) is 5.26 Å². The van der Waals surface area contributed by atoms with E-state index in [1.165, 1.54) is 11.6 Å². The minimum atomic E-state index is -0.310. The summed E-state index contributed by atoms with van der Waals surface area (Å²) in [7, 11) is 1.97. The Bertz CT molecular complexity index is 602. The largest absolute Gasteiger partial charge is 0.302 e. The minimum absolute atomic E-state index is 0.310. The van der Waals surface area contributed by atoms with Crippen LogP contribution in [0.4, 0.5) is 4.39 Å². The maximum atomic E-state index is 13.8. The van der Waals surface area contributed by atoms with Gasteiger partial charge in [-0.1, -0.05) is 36.4 Å². The molecule has 0 bridgehead atoms. The van der Waals surface area contributed by atoms with Crippen LogP contribution in [-0.4, -0.2) is 18.5 Å². The molecule has 2 rings (SSSR count). The van der Waals surface area contributed by atoms with Crippen LogP contribution >= 0.6 is 0 Å². The second-order valence-corrected chi connectivity index (χ2v) is 4.89. The van der Waals surface area contributed by atoms with Crippen molar-refractivity contribution in [3.8, 4) is 6.07 Å². The summed E-state index contributed by atoms with van der Waals surface area (Å²) in [6.45, 7) is 1.41. The van der Waals surface area contributed by atoms with Gasteiger partial charge in [-0.2, -0.15) is 5.26 Å². The first kappa shape index (κ1) is 14.2. The molecule has 3 heteroatoms. The summed E-state index contributed by atoms with van der Waals surface area (Å²) < 4.78 is 13.8. The van der Waals surface area contributed by atoms with Gasteiger partial charge in [-0.25, -0.2) is 4.39 Å². The van der Waals surface area contributed by atoms with E-state index >= 15 is 0 Å². The van der Waals surface area contributed by atoms with Crippen molar-refractivity contribution < 1.29 is 4.39 Å². The van der Waals surface area contributed by atoms with E-state index < -0.39 is 0 Å². The quantitative estimate of drug-likeness (QED) is 0.831. The first-order valence-electron chi connectivity index (χ1n) is 6.60. The highest BCUT2D eigenvalue weighted by molar-refractivity contribution is 5.32. The van der Waals surface area contributed by atoms with Gasteiger partial charge in [0.15, 0.2) is 0 Å². The van der Waals surface area contributed by atoms with Crippen LogP contribution in [-0.2, 0) is 13.0 Å². The fourth-order valence-corrected chi connectivity index (χ4v) is 2.08. The van der Waals surface area contributed by atoms with Crippen LogP contribution in [0.25, 0.3) is 0 Å². The van der Waals surface area contributed by atoms with Gasteiger partial charge in [-0.05, 0) is 31.2 Å². The van der Waals surface area contributed by atoms with Crippen molar-refractivity contribution in [1.29, 1.82) is 5.26 Å². The Hall–Kier alpha value is -2.18. The van der Waals surface area contributed by atoms with Crippen LogP contribution in [0, 0.1) is 17.1 Å². The van der Waals surface area contributed by atoms with E-state index in [0.717, 1.165) is 13.0 Å².